The average Bonchev–Trinajstić information content (AvgIpc) is 2.69. The lowest BCUT2D eigenvalue weighted by Crippen LogP contribution is -2.56. The van der Waals surface area contributed by atoms with Crippen molar-refractivity contribution in [1.29, 1.82) is 0 Å². The Morgan fingerprint density at radius 2 is 1.76 bits per heavy atom. The lowest BCUT2D eigenvalue weighted by atomic mass is 9.98. The first kappa shape index (κ1) is 24.8. The molecule has 6 N–H and O–H groups in total. The van der Waals surface area contributed by atoms with Gasteiger partial charge in [-0.15, -0.1) is 0 Å². The summed E-state index contributed by atoms with van der Waals surface area (Å²) < 4.78 is 0. The Balaban J connectivity index is 2.79. The van der Waals surface area contributed by atoms with Crippen LogP contribution < -0.4 is 16.4 Å². The van der Waals surface area contributed by atoms with E-state index in [1.54, 1.807) is 19.1 Å². The molecule has 0 spiro atoms. The van der Waals surface area contributed by atoms with Gasteiger partial charge in [-0.2, -0.15) is 11.8 Å². The Hall–Kier alpha value is -2.26. The second-order valence-corrected chi connectivity index (χ2v) is 8.02. The number of nitrogens with one attached hydrogen (secondary N) is 2. The van der Waals surface area contributed by atoms with Gasteiger partial charge >= 0.3 is 5.97 Å². The highest BCUT2D eigenvalue weighted by atomic mass is 32.2. The second kappa shape index (κ2) is 12.3. The Kier molecular flexibility index (Phi) is 10.5. The molecule has 0 aliphatic rings. The number of carbonyl (C=O) groups excluding carboxylic acids is 2. The molecule has 0 bridgehead atoms. The van der Waals surface area contributed by atoms with Crippen molar-refractivity contribution in [2.75, 3.05) is 12.0 Å². The normalized spacial score (nSPS) is 15.0. The Morgan fingerprint density at radius 3 is 2.28 bits per heavy atom. The molecule has 1 rings (SSSR count). The van der Waals surface area contributed by atoms with Gasteiger partial charge in [0, 0.05) is 0 Å². The van der Waals surface area contributed by atoms with Crippen molar-refractivity contribution >= 4 is 29.5 Å². The molecule has 8 nitrogen and oxygen atoms in total. The fraction of sp³-hybridized carbons (Fsp3) is 0.550. The van der Waals surface area contributed by atoms with E-state index in [1.807, 2.05) is 13.2 Å². The predicted octanol–water partition coefficient (Wildman–Crippen LogP) is 1.12. The van der Waals surface area contributed by atoms with Crippen molar-refractivity contribution in [2.45, 2.75) is 51.2 Å². The minimum atomic E-state index is -1.10. The molecule has 162 valence electrons. The third-order valence-electron chi connectivity index (χ3n) is 4.75. The van der Waals surface area contributed by atoms with Crippen LogP contribution in [0.1, 0.15) is 32.3 Å². The van der Waals surface area contributed by atoms with Gasteiger partial charge in [0.05, 0.1) is 6.04 Å². The van der Waals surface area contributed by atoms with E-state index >= 15 is 0 Å². The molecule has 4 atom stereocenters. The van der Waals surface area contributed by atoms with Crippen molar-refractivity contribution in [1.82, 2.24) is 10.6 Å². The molecule has 29 heavy (non-hydrogen) atoms. The van der Waals surface area contributed by atoms with E-state index in [-0.39, 0.29) is 18.1 Å². The van der Waals surface area contributed by atoms with Gasteiger partial charge < -0.3 is 26.6 Å². The summed E-state index contributed by atoms with van der Waals surface area (Å²) in [6.45, 7) is 3.60. The molecule has 0 aromatic heterocycles. The number of hydrogen-bond acceptors (Lipinski definition) is 6. The molecule has 0 saturated heterocycles. The highest BCUT2D eigenvalue weighted by Crippen LogP contribution is 2.12. The van der Waals surface area contributed by atoms with E-state index in [0.29, 0.717) is 18.6 Å². The number of thioether (sulfide) groups is 1. The highest BCUT2D eigenvalue weighted by Gasteiger charge is 2.30. The number of hydrogen-bond donors (Lipinski definition) is 5. The zero-order chi connectivity index (χ0) is 22.0. The minimum Gasteiger partial charge on any atom is -0.508 e. The van der Waals surface area contributed by atoms with Gasteiger partial charge in [0.2, 0.25) is 11.8 Å². The fourth-order valence-corrected chi connectivity index (χ4v) is 3.17. The molecule has 2 amide bonds. The molecule has 0 radical (unpaired) electrons. The molecule has 0 heterocycles. The summed E-state index contributed by atoms with van der Waals surface area (Å²) >= 11 is 1.52. The second-order valence-electron chi connectivity index (χ2n) is 7.03. The van der Waals surface area contributed by atoms with Crippen LogP contribution in [0.2, 0.25) is 0 Å². The molecular formula is C20H31N3O5S. The van der Waals surface area contributed by atoms with Gasteiger partial charge in [0.25, 0.3) is 0 Å². The van der Waals surface area contributed by atoms with Gasteiger partial charge in [-0.1, -0.05) is 32.4 Å². The summed E-state index contributed by atoms with van der Waals surface area (Å²) in [5.74, 6) is -1.63. The van der Waals surface area contributed by atoms with Crippen LogP contribution >= 0.6 is 11.8 Å². The van der Waals surface area contributed by atoms with Gasteiger partial charge in [-0.05, 0) is 48.5 Å². The molecular weight excluding hydrogens is 394 g/mol. The highest BCUT2D eigenvalue weighted by molar-refractivity contribution is 7.98. The van der Waals surface area contributed by atoms with Crippen LogP contribution in [0.5, 0.6) is 5.75 Å². The number of phenolic OH excluding ortho intramolecular Hbond substituents is 1. The number of aliphatic carboxylic acids is 1. The summed E-state index contributed by atoms with van der Waals surface area (Å²) in [5, 5.41) is 23.9. The number of carbonyl (C=O) groups is 3. The average molecular weight is 426 g/mol. The lowest BCUT2D eigenvalue weighted by Gasteiger charge is -2.25. The van der Waals surface area contributed by atoms with E-state index in [0.717, 1.165) is 5.56 Å². The van der Waals surface area contributed by atoms with Gasteiger partial charge in [0.15, 0.2) is 0 Å². The number of carboxylic acids is 1. The number of rotatable bonds is 12. The SMILES string of the molecule is CCC(C)C(NC(=O)C(CCSC)NC(=O)C(N)Cc1ccc(O)cc1)C(=O)O. The van der Waals surface area contributed by atoms with E-state index in [1.165, 1.54) is 23.9 Å². The molecule has 0 aliphatic heterocycles. The number of phenols is 1. The molecule has 0 fully saturated rings. The fourth-order valence-electron chi connectivity index (χ4n) is 2.70. The molecule has 9 heteroatoms. The predicted molar refractivity (Wildman–Crippen MR) is 114 cm³/mol. The van der Waals surface area contributed by atoms with Crippen LogP contribution in [-0.2, 0) is 20.8 Å². The van der Waals surface area contributed by atoms with Crippen LogP contribution in [0.3, 0.4) is 0 Å². The Bertz CT molecular complexity index is 683. The van der Waals surface area contributed by atoms with E-state index < -0.39 is 35.9 Å². The van der Waals surface area contributed by atoms with E-state index in [2.05, 4.69) is 10.6 Å². The van der Waals surface area contributed by atoms with Crippen molar-refractivity contribution in [2.24, 2.45) is 11.7 Å². The summed E-state index contributed by atoms with van der Waals surface area (Å²) in [4.78, 5) is 36.7. The van der Waals surface area contributed by atoms with Gasteiger partial charge in [-0.25, -0.2) is 4.79 Å². The van der Waals surface area contributed by atoms with E-state index in [9.17, 15) is 24.6 Å². The minimum absolute atomic E-state index is 0.120. The standard InChI is InChI=1S/C20H31N3O5S/c1-4-12(2)17(20(27)28)23-19(26)16(9-10-29-3)22-18(25)15(21)11-13-5-7-14(24)8-6-13/h5-8,12,15-17,24H,4,9-11,21H2,1-3H3,(H,22,25)(H,23,26)(H,27,28). The van der Waals surface area contributed by atoms with Crippen LogP contribution in [0.4, 0.5) is 0 Å². The van der Waals surface area contributed by atoms with Crippen LogP contribution in [-0.4, -0.2) is 58.1 Å². The topological polar surface area (TPSA) is 142 Å². The quantitative estimate of drug-likeness (QED) is 0.338. The van der Waals surface area contributed by atoms with Crippen molar-refractivity contribution in [3.63, 3.8) is 0 Å². The lowest BCUT2D eigenvalue weighted by molar-refractivity contribution is -0.143. The summed E-state index contributed by atoms with van der Waals surface area (Å²) in [6, 6.07) is 3.59. The van der Waals surface area contributed by atoms with Crippen LogP contribution in [0.25, 0.3) is 0 Å². The van der Waals surface area contributed by atoms with E-state index in [4.69, 9.17) is 5.73 Å². The summed E-state index contributed by atoms with van der Waals surface area (Å²) in [7, 11) is 0. The summed E-state index contributed by atoms with van der Waals surface area (Å²) in [6.07, 6.45) is 3.08. The molecule has 0 saturated carbocycles. The summed E-state index contributed by atoms with van der Waals surface area (Å²) in [5.41, 5.74) is 6.75. The van der Waals surface area contributed by atoms with Crippen molar-refractivity contribution in [3.05, 3.63) is 29.8 Å². The zero-order valence-electron chi connectivity index (χ0n) is 17.1. The van der Waals surface area contributed by atoms with Crippen LogP contribution in [0, 0.1) is 5.92 Å². The maximum atomic E-state index is 12.7. The number of aromatic hydroxyl groups is 1. The number of carboxylic acid groups (broad SMARTS) is 1. The van der Waals surface area contributed by atoms with Crippen LogP contribution in [0.15, 0.2) is 24.3 Å². The first-order valence-corrected chi connectivity index (χ1v) is 10.9. The van der Waals surface area contributed by atoms with Crippen molar-refractivity contribution < 1.29 is 24.6 Å². The first-order chi connectivity index (χ1) is 13.7. The maximum Gasteiger partial charge on any atom is 0.326 e. The number of amides is 2. The maximum absolute atomic E-state index is 12.7. The molecule has 1 aromatic carbocycles. The third kappa shape index (κ3) is 8.33. The smallest absolute Gasteiger partial charge is 0.326 e. The van der Waals surface area contributed by atoms with Crippen molar-refractivity contribution in [3.8, 4) is 5.75 Å². The molecule has 1 aromatic rings. The zero-order valence-corrected chi connectivity index (χ0v) is 17.9. The Labute approximate surface area is 175 Å². The number of benzene rings is 1. The first-order valence-electron chi connectivity index (χ1n) is 9.55. The Morgan fingerprint density at radius 1 is 1.14 bits per heavy atom. The van der Waals surface area contributed by atoms with Gasteiger partial charge in [0.1, 0.15) is 17.8 Å². The molecule has 0 aliphatic carbocycles. The number of nitrogens with two attached hydrogens (primary N) is 1. The third-order valence-corrected chi connectivity index (χ3v) is 5.39. The van der Waals surface area contributed by atoms with Gasteiger partial charge in [-0.3, -0.25) is 9.59 Å². The monoisotopic (exact) mass is 425 g/mol. The molecule has 4 unspecified atom stereocenters. The largest absolute Gasteiger partial charge is 0.508 e.